The first-order valence-electron chi connectivity index (χ1n) is 16.7. The number of thiocarbonyl (C=S) groups is 1. The smallest absolute Gasteiger partial charge is 0.335 e. The third-order valence-corrected chi connectivity index (χ3v) is 10.7. The van der Waals surface area contributed by atoms with E-state index in [0.29, 0.717) is 22.2 Å². The minimum atomic E-state index is -1.77. The number of fused-ring (bicyclic) bond motifs is 2. The molecular formula is C38H38N6O8S2. The molecule has 14 nitrogen and oxygen atoms in total. The van der Waals surface area contributed by atoms with Crippen LogP contribution in [0, 0.1) is 22.7 Å². The molecule has 0 radical (unpaired) electrons. The van der Waals surface area contributed by atoms with Crippen molar-refractivity contribution in [3.05, 3.63) is 83.2 Å². The molecule has 5 N–H and O–H groups in total. The molecule has 2 aromatic carbocycles. The van der Waals surface area contributed by atoms with E-state index in [2.05, 4.69) is 28.5 Å². The highest BCUT2D eigenvalue weighted by Crippen LogP contribution is 2.43. The number of ether oxygens (including phenoxy) is 3. The van der Waals surface area contributed by atoms with Crippen LogP contribution >= 0.6 is 24.0 Å². The van der Waals surface area contributed by atoms with Gasteiger partial charge in [0.25, 0.3) is 10.4 Å². The van der Waals surface area contributed by atoms with Gasteiger partial charge in [-0.1, -0.05) is 12.1 Å². The average molecular weight is 771 g/mol. The molecule has 54 heavy (non-hydrogen) atoms. The molecule has 3 aliphatic heterocycles. The van der Waals surface area contributed by atoms with E-state index in [1.165, 1.54) is 0 Å². The van der Waals surface area contributed by atoms with E-state index in [-0.39, 0.29) is 5.23 Å². The number of aromatic nitrogens is 2. The molecular weight excluding hydrogens is 733 g/mol. The highest BCUT2D eigenvalue weighted by atomic mass is 32.2. The Kier molecular flexibility index (Phi) is 10.4. The zero-order valence-electron chi connectivity index (χ0n) is 30.1. The van der Waals surface area contributed by atoms with Crippen LogP contribution in [-0.2, 0) is 44.3 Å². The van der Waals surface area contributed by atoms with E-state index in [1.54, 1.807) is 10.6 Å². The Balaban J connectivity index is 0.000000203. The Hall–Kier alpha value is -5.20. The number of nitrogens with zero attached hydrogens (tertiary/aromatic N) is 5. The van der Waals surface area contributed by atoms with Gasteiger partial charge in [0, 0.05) is 42.3 Å². The van der Waals surface area contributed by atoms with E-state index in [0.717, 1.165) is 51.1 Å². The van der Waals surface area contributed by atoms with Crippen molar-refractivity contribution in [1.82, 2.24) is 9.13 Å². The van der Waals surface area contributed by atoms with Gasteiger partial charge in [0.05, 0.1) is 5.69 Å². The minimum absolute atomic E-state index is 0.127. The molecule has 16 heteroatoms. The molecule has 0 spiro atoms. The van der Waals surface area contributed by atoms with Crippen LogP contribution in [0.4, 0.5) is 11.4 Å². The third-order valence-electron chi connectivity index (χ3n) is 9.55. The van der Waals surface area contributed by atoms with Gasteiger partial charge >= 0.3 is 5.97 Å². The number of carboxylic acids is 1. The lowest BCUT2D eigenvalue weighted by Gasteiger charge is -2.39. The Morgan fingerprint density at radius 2 is 1.39 bits per heavy atom. The van der Waals surface area contributed by atoms with E-state index >= 15 is 0 Å². The van der Waals surface area contributed by atoms with Gasteiger partial charge in [-0.05, 0) is 111 Å². The number of aliphatic imine (C=N–C) groups is 1. The number of anilines is 1. The summed E-state index contributed by atoms with van der Waals surface area (Å²) in [6.07, 6.45) is -6.71. The highest BCUT2D eigenvalue weighted by Gasteiger charge is 2.48. The summed E-state index contributed by atoms with van der Waals surface area (Å²) in [5.41, 5.74) is 5.87. The highest BCUT2D eigenvalue weighted by molar-refractivity contribution is 8.14. The summed E-state index contributed by atoms with van der Waals surface area (Å²) in [6.45, 7) is 7.67. The first-order chi connectivity index (χ1) is 25.4. The monoisotopic (exact) mass is 770 g/mol. The number of aliphatic hydroxyl groups is 3. The van der Waals surface area contributed by atoms with Gasteiger partial charge in [0.15, 0.2) is 6.10 Å². The Bertz CT molecular complexity index is 2270. The Labute approximate surface area is 320 Å². The number of hydrogen-bond acceptors (Lipinski definition) is 12. The Morgan fingerprint density at radius 3 is 1.94 bits per heavy atom. The van der Waals surface area contributed by atoms with Crippen molar-refractivity contribution in [2.75, 3.05) is 5.32 Å². The van der Waals surface area contributed by atoms with Crippen molar-refractivity contribution in [3.8, 4) is 34.7 Å². The lowest BCUT2D eigenvalue weighted by molar-refractivity contribution is -0.209. The summed E-state index contributed by atoms with van der Waals surface area (Å²) in [4.78, 5) is 15.8. The standard InChI is InChI=1S/C22H23N3O7S.C16H15N3OS/c1-22(2)12-8-10(14-7-5-11(9-23)25(14)3)4-6-13(12)24-21(32-22)33-20-17(28)15(26)16(27)18(31-20)19(29)30;1-16(2)12-8-10(4-6-13(12)18-15(21)20-16)14-7-5-11(9-17)19(14)3/h4-8,15-18,20,26-28H,1-3H3,(H,29,30);4-8H,1-3H3,(H,18,21). The van der Waals surface area contributed by atoms with Crippen LogP contribution in [0.5, 0.6) is 0 Å². The maximum atomic E-state index is 11.3. The van der Waals surface area contributed by atoms with E-state index in [4.69, 9.17) is 31.7 Å². The molecule has 5 heterocycles. The number of hydrogen-bond donors (Lipinski definition) is 5. The normalized spacial score (nSPS) is 23.4. The van der Waals surface area contributed by atoms with E-state index in [1.807, 2.05) is 94.9 Å². The van der Waals surface area contributed by atoms with Crippen molar-refractivity contribution in [2.45, 2.75) is 68.7 Å². The second kappa shape index (κ2) is 14.6. The van der Waals surface area contributed by atoms with Crippen LogP contribution < -0.4 is 5.32 Å². The predicted molar refractivity (Wildman–Crippen MR) is 205 cm³/mol. The molecule has 0 aliphatic carbocycles. The third kappa shape index (κ3) is 7.20. The summed E-state index contributed by atoms with van der Waals surface area (Å²) >= 11 is 5.96. The second-order valence-electron chi connectivity index (χ2n) is 13.9. The molecule has 0 bridgehead atoms. The van der Waals surface area contributed by atoms with Gasteiger partial charge < -0.3 is 49.1 Å². The molecule has 1 fully saturated rings. The summed E-state index contributed by atoms with van der Waals surface area (Å²) in [5.74, 6) is -1.45. The van der Waals surface area contributed by atoms with Crippen molar-refractivity contribution < 1.29 is 39.4 Å². The fourth-order valence-electron chi connectivity index (χ4n) is 6.53. The molecule has 0 amide bonds. The number of thioether (sulfide) groups is 1. The van der Waals surface area contributed by atoms with Crippen LogP contribution in [0.15, 0.2) is 65.7 Å². The molecule has 5 atom stereocenters. The molecule has 3 aliphatic rings. The van der Waals surface area contributed by atoms with Crippen molar-refractivity contribution >= 4 is 51.7 Å². The largest absolute Gasteiger partial charge is 0.479 e. The molecule has 5 unspecified atom stereocenters. The number of nitrogens with one attached hydrogen (secondary N) is 1. The first-order valence-corrected chi connectivity index (χ1v) is 18.0. The number of nitriles is 2. The first kappa shape index (κ1) is 38.5. The number of carbonyl (C=O) groups is 1. The maximum Gasteiger partial charge on any atom is 0.335 e. The SMILES string of the molecule is Cn1c(C#N)ccc1-c1ccc2c(c1)C(C)(C)OC(=S)N2.Cn1c(C#N)ccc1-c1ccc2c(c1)C(C)(C)OC(SC1OC(C(=O)O)C(O)C(O)C1O)=N2. The quantitative estimate of drug-likeness (QED) is 0.174. The number of carboxylic acid groups (broad SMARTS) is 1. The minimum Gasteiger partial charge on any atom is -0.479 e. The van der Waals surface area contributed by atoms with E-state index in [9.17, 15) is 30.5 Å². The van der Waals surface area contributed by atoms with Gasteiger partial charge in [-0.25, -0.2) is 9.79 Å². The number of benzene rings is 2. The van der Waals surface area contributed by atoms with Crippen LogP contribution in [0.1, 0.15) is 50.2 Å². The fourth-order valence-corrected chi connectivity index (χ4v) is 7.93. The molecule has 7 rings (SSSR count). The average Bonchev–Trinajstić information content (AvgIpc) is 3.68. The summed E-state index contributed by atoms with van der Waals surface area (Å²) in [7, 11) is 3.70. The van der Waals surface area contributed by atoms with Gasteiger partial charge in [-0.2, -0.15) is 10.5 Å². The zero-order chi connectivity index (χ0) is 39.3. The number of aliphatic hydroxyl groups excluding tert-OH is 3. The lowest BCUT2D eigenvalue weighted by Crippen LogP contribution is -2.59. The molecule has 4 aromatic rings. The predicted octanol–water partition coefficient (Wildman–Crippen LogP) is 4.97. The number of rotatable bonds is 4. The van der Waals surface area contributed by atoms with Gasteiger partial charge in [-0.3, -0.25) is 0 Å². The van der Waals surface area contributed by atoms with Crippen LogP contribution in [0.25, 0.3) is 22.5 Å². The summed E-state index contributed by atoms with van der Waals surface area (Å²) in [6, 6.07) is 23.4. The van der Waals surface area contributed by atoms with Crippen molar-refractivity contribution in [2.24, 2.45) is 19.1 Å². The van der Waals surface area contributed by atoms with Crippen molar-refractivity contribution in [1.29, 1.82) is 10.5 Å². The molecule has 0 saturated carbocycles. The van der Waals surface area contributed by atoms with Crippen LogP contribution in [0.2, 0.25) is 0 Å². The topological polar surface area (TPSA) is 208 Å². The van der Waals surface area contributed by atoms with Crippen molar-refractivity contribution in [3.63, 3.8) is 0 Å². The molecule has 280 valence electrons. The lowest BCUT2D eigenvalue weighted by atomic mass is 9.92. The second-order valence-corrected chi connectivity index (χ2v) is 15.3. The molecule has 2 aromatic heterocycles. The van der Waals surface area contributed by atoms with Gasteiger partial charge in [-0.15, -0.1) is 0 Å². The van der Waals surface area contributed by atoms with Crippen LogP contribution in [-0.4, -0.2) is 75.8 Å². The van der Waals surface area contributed by atoms with Gasteiger partial charge in [0.1, 0.15) is 58.5 Å². The van der Waals surface area contributed by atoms with Gasteiger partial charge in [0.2, 0.25) is 0 Å². The van der Waals surface area contributed by atoms with E-state index < -0.39 is 47.0 Å². The summed E-state index contributed by atoms with van der Waals surface area (Å²) in [5, 5.41) is 61.3. The summed E-state index contributed by atoms with van der Waals surface area (Å²) < 4.78 is 20.7. The molecule has 1 saturated heterocycles. The zero-order valence-corrected chi connectivity index (χ0v) is 31.8. The fraction of sp³-hybridized carbons (Fsp3) is 0.342. The maximum absolute atomic E-state index is 11.3. The van der Waals surface area contributed by atoms with Crippen LogP contribution in [0.3, 0.4) is 0 Å². The number of aliphatic carboxylic acids is 1. The Morgan fingerprint density at radius 1 is 0.833 bits per heavy atom.